The third-order valence-corrected chi connectivity index (χ3v) is 5.45. The van der Waals surface area contributed by atoms with Crippen LogP contribution in [0.1, 0.15) is 25.3 Å². The third-order valence-electron chi connectivity index (χ3n) is 5.45. The Balaban J connectivity index is 1.54. The summed E-state index contributed by atoms with van der Waals surface area (Å²) in [7, 11) is 1.55. The van der Waals surface area contributed by atoms with E-state index in [4.69, 9.17) is 10.00 Å². The zero-order valence-electron chi connectivity index (χ0n) is 17.9. The Morgan fingerprint density at radius 2 is 2.00 bits per heavy atom. The molecule has 1 aliphatic heterocycles. The molecule has 0 atom stereocenters. The fraction of sp³-hybridized carbons (Fsp3) is 0.391. The number of methoxy groups -OCH3 is 1. The lowest BCUT2D eigenvalue weighted by atomic mass is 9.95. The van der Waals surface area contributed by atoms with Crippen molar-refractivity contribution in [1.82, 2.24) is 9.88 Å². The van der Waals surface area contributed by atoms with Crippen LogP contribution in [0.5, 0.6) is 5.75 Å². The molecule has 31 heavy (non-hydrogen) atoms. The molecule has 1 fully saturated rings. The summed E-state index contributed by atoms with van der Waals surface area (Å²) >= 11 is 0. The van der Waals surface area contributed by atoms with Gasteiger partial charge in [-0.2, -0.15) is 5.26 Å². The Morgan fingerprint density at radius 3 is 2.61 bits per heavy atom. The Labute approximate surface area is 182 Å². The number of ether oxygens (including phenoxy) is 1. The molecule has 0 bridgehead atoms. The first-order chi connectivity index (χ1) is 15.0. The maximum Gasteiger partial charge on any atom is 0.244 e. The van der Waals surface area contributed by atoms with E-state index in [1.165, 1.54) is 0 Å². The third kappa shape index (κ3) is 5.51. The minimum absolute atomic E-state index is 0.00474. The Bertz CT molecular complexity index is 946. The number of anilines is 2. The van der Waals surface area contributed by atoms with Gasteiger partial charge in [-0.25, -0.2) is 4.98 Å². The Kier molecular flexibility index (Phi) is 7.44. The van der Waals surface area contributed by atoms with E-state index in [-0.39, 0.29) is 24.3 Å². The smallest absolute Gasteiger partial charge is 0.244 e. The van der Waals surface area contributed by atoms with Crippen molar-refractivity contribution in [2.24, 2.45) is 5.92 Å². The number of carbonyl (C=O) groups is 2. The Hall–Kier alpha value is -3.60. The highest BCUT2D eigenvalue weighted by atomic mass is 16.5. The SMILES string of the molecule is CCN(CC(=O)Nc1ccccc1OC)C(=O)C1CCN(c2ccc(C#N)cn2)CC1. The van der Waals surface area contributed by atoms with E-state index in [0.29, 0.717) is 49.5 Å². The number of pyridine rings is 1. The van der Waals surface area contributed by atoms with Gasteiger partial charge in [0, 0.05) is 31.7 Å². The molecule has 8 nitrogen and oxygen atoms in total. The average molecular weight is 422 g/mol. The number of likely N-dealkylation sites (N-methyl/N-ethyl adjacent to an activating group) is 1. The molecule has 2 amide bonds. The number of hydrogen-bond donors (Lipinski definition) is 1. The summed E-state index contributed by atoms with van der Waals surface area (Å²) in [6.07, 6.45) is 2.96. The van der Waals surface area contributed by atoms with E-state index >= 15 is 0 Å². The number of carbonyl (C=O) groups excluding carboxylic acids is 2. The molecule has 3 rings (SSSR count). The van der Waals surface area contributed by atoms with Crippen LogP contribution in [0.3, 0.4) is 0 Å². The van der Waals surface area contributed by atoms with Crippen molar-refractivity contribution in [3.05, 3.63) is 48.2 Å². The van der Waals surface area contributed by atoms with Crippen LogP contribution >= 0.6 is 0 Å². The van der Waals surface area contributed by atoms with E-state index in [9.17, 15) is 9.59 Å². The molecule has 162 valence electrons. The van der Waals surface area contributed by atoms with Gasteiger partial charge in [-0.15, -0.1) is 0 Å². The predicted octanol–water partition coefficient (Wildman–Crippen LogP) is 2.67. The topological polar surface area (TPSA) is 98.6 Å². The number of nitrogens with one attached hydrogen (secondary N) is 1. The number of rotatable bonds is 7. The van der Waals surface area contributed by atoms with Gasteiger partial charge in [0.2, 0.25) is 11.8 Å². The largest absolute Gasteiger partial charge is 0.495 e. The number of amides is 2. The lowest BCUT2D eigenvalue weighted by molar-refractivity contribution is -0.138. The molecule has 2 aromatic rings. The number of nitriles is 1. The lowest BCUT2D eigenvalue weighted by Crippen LogP contribution is -2.45. The van der Waals surface area contributed by atoms with Crippen LogP contribution in [0.25, 0.3) is 0 Å². The number of aromatic nitrogens is 1. The average Bonchev–Trinajstić information content (AvgIpc) is 2.82. The van der Waals surface area contributed by atoms with Crippen molar-refractivity contribution in [3.63, 3.8) is 0 Å². The molecule has 8 heteroatoms. The van der Waals surface area contributed by atoms with Crippen LogP contribution in [-0.4, -0.2) is 55.0 Å². The minimum atomic E-state index is -0.251. The second-order valence-electron chi connectivity index (χ2n) is 7.38. The first-order valence-corrected chi connectivity index (χ1v) is 10.4. The molecule has 0 spiro atoms. The molecular weight excluding hydrogens is 394 g/mol. The molecule has 2 heterocycles. The number of para-hydroxylation sites is 2. The summed E-state index contributed by atoms with van der Waals surface area (Å²) in [5.74, 6) is 1.03. The van der Waals surface area contributed by atoms with Gasteiger partial charge >= 0.3 is 0 Å². The van der Waals surface area contributed by atoms with Crippen LogP contribution < -0.4 is 15.0 Å². The van der Waals surface area contributed by atoms with E-state index in [0.717, 1.165) is 5.82 Å². The summed E-state index contributed by atoms with van der Waals surface area (Å²) in [6.45, 7) is 3.77. The molecule has 0 aliphatic carbocycles. The molecule has 0 radical (unpaired) electrons. The first kappa shape index (κ1) is 22.1. The second-order valence-corrected chi connectivity index (χ2v) is 7.38. The normalized spacial score (nSPS) is 13.9. The van der Waals surface area contributed by atoms with Crippen molar-refractivity contribution >= 4 is 23.3 Å². The molecule has 1 N–H and O–H groups in total. The molecule has 0 unspecified atom stereocenters. The van der Waals surface area contributed by atoms with E-state index in [1.807, 2.05) is 25.1 Å². The van der Waals surface area contributed by atoms with Gasteiger partial charge in [-0.3, -0.25) is 9.59 Å². The van der Waals surface area contributed by atoms with E-state index in [1.54, 1.807) is 36.4 Å². The highest BCUT2D eigenvalue weighted by Crippen LogP contribution is 2.25. The van der Waals surface area contributed by atoms with Crippen LogP contribution in [0.4, 0.5) is 11.5 Å². The van der Waals surface area contributed by atoms with Crippen LogP contribution in [-0.2, 0) is 9.59 Å². The van der Waals surface area contributed by atoms with E-state index < -0.39 is 0 Å². The minimum Gasteiger partial charge on any atom is -0.495 e. The van der Waals surface area contributed by atoms with Crippen LogP contribution in [0.15, 0.2) is 42.6 Å². The number of benzene rings is 1. The van der Waals surface area contributed by atoms with Crippen molar-refractivity contribution < 1.29 is 14.3 Å². The molecular formula is C23H27N5O3. The molecule has 1 aliphatic rings. The van der Waals surface area contributed by atoms with E-state index in [2.05, 4.69) is 21.3 Å². The highest BCUT2D eigenvalue weighted by molar-refractivity contribution is 5.96. The predicted molar refractivity (Wildman–Crippen MR) is 118 cm³/mol. The first-order valence-electron chi connectivity index (χ1n) is 10.4. The van der Waals surface area contributed by atoms with Gasteiger partial charge in [0.15, 0.2) is 0 Å². The fourth-order valence-electron chi connectivity index (χ4n) is 3.71. The summed E-state index contributed by atoms with van der Waals surface area (Å²) in [6, 6.07) is 12.8. The fourth-order valence-corrected chi connectivity index (χ4v) is 3.71. The standard InChI is InChI=1S/C23H27N5O3/c1-3-27(16-22(29)26-19-6-4-5-7-20(19)31-2)23(30)18-10-12-28(13-11-18)21-9-8-17(14-24)15-25-21/h4-9,15,18H,3,10-13,16H2,1-2H3,(H,26,29). The van der Waals surface area contributed by atoms with Crippen molar-refractivity contribution in [2.75, 3.05) is 43.5 Å². The maximum absolute atomic E-state index is 13.0. The summed E-state index contributed by atoms with van der Waals surface area (Å²) in [5, 5.41) is 11.7. The number of nitrogens with zero attached hydrogens (tertiary/aromatic N) is 4. The maximum atomic E-state index is 13.0. The van der Waals surface area contributed by atoms with Crippen LogP contribution in [0.2, 0.25) is 0 Å². The molecule has 1 aromatic carbocycles. The van der Waals surface area contributed by atoms with Gasteiger partial charge in [0.25, 0.3) is 0 Å². The van der Waals surface area contributed by atoms with Gasteiger partial charge in [-0.1, -0.05) is 12.1 Å². The summed E-state index contributed by atoms with van der Waals surface area (Å²) < 4.78 is 5.26. The number of hydrogen-bond acceptors (Lipinski definition) is 6. The number of piperidine rings is 1. The second kappa shape index (κ2) is 10.4. The molecule has 0 saturated carbocycles. The summed E-state index contributed by atoms with van der Waals surface area (Å²) in [5.41, 5.74) is 1.11. The van der Waals surface area contributed by atoms with Gasteiger partial charge in [0.1, 0.15) is 17.6 Å². The monoisotopic (exact) mass is 421 g/mol. The zero-order chi connectivity index (χ0) is 22.2. The molecule has 1 aromatic heterocycles. The quantitative estimate of drug-likeness (QED) is 0.738. The van der Waals surface area contributed by atoms with Gasteiger partial charge in [-0.05, 0) is 44.0 Å². The highest BCUT2D eigenvalue weighted by Gasteiger charge is 2.29. The van der Waals surface area contributed by atoms with Gasteiger partial charge < -0.3 is 19.9 Å². The van der Waals surface area contributed by atoms with Crippen molar-refractivity contribution in [3.8, 4) is 11.8 Å². The van der Waals surface area contributed by atoms with Crippen LogP contribution in [0, 0.1) is 17.2 Å². The molecule has 1 saturated heterocycles. The lowest BCUT2D eigenvalue weighted by Gasteiger charge is -2.34. The summed E-state index contributed by atoms with van der Waals surface area (Å²) in [4.78, 5) is 33.6. The Morgan fingerprint density at radius 1 is 1.26 bits per heavy atom. The van der Waals surface area contributed by atoms with Crippen molar-refractivity contribution in [1.29, 1.82) is 5.26 Å². The zero-order valence-corrected chi connectivity index (χ0v) is 17.9. The van der Waals surface area contributed by atoms with Crippen molar-refractivity contribution in [2.45, 2.75) is 19.8 Å². The van der Waals surface area contributed by atoms with Gasteiger partial charge in [0.05, 0.1) is 24.9 Å².